The van der Waals surface area contributed by atoms with Crippen molar-refractivity contribution in [2.45, 2.75) is 39.0 Å². The summed E-state index contributed by atoms with van der Waals surface area (Å²) in [4.78, 5) is 32.7. The Kier molecular flexibility index (Phi) is 7.39. The number of amides is 2. The number of anilines is 1. The van der Waals surface area contributed by atoms with Crippen LogP contribution in [-0.4, -0.2) is 27.1 Å². The Morgan fingerprint density at radius 1 is 1.03 bits per heavy atom. The van der Waals surface area contributed by atoms with Crippen LogP contribution in [0.3, 0.4) is 0 Å². The fraction of sp³-hybridized carbons (Fsp3) is 0.222. The lowest BCUT2D eigenvalue weighted by Crippen LogP contribution is -2.33. The first kappa shape index (κ1) is 24.0. The predicted octanol–water partition coefficient (Wildman–Crippen LogP) is 6.43. The van der Waals surface area contributed by atoms with Crippen molar-refractivity contribution in [2.75, 3.05) is 5.32 Å². The van der Waals surface area contributed by atoms with Crippen LogP contribution in [0.15, 0.2) is 71.7 Å². The van der Waals surface area contributed by atoms with Gasteiger partial charge in [0.15, 0.2) is 5.17 Å². The van der Waals surface area contributed by atoms with E-state index in [9.17, 15) is 9.59 Å². The first-order chi connectivity index (χ1) is 16.3. The number of para-hydroxylation sites is 1. The minimum absolute atomic E-state index is 0.0483. The number of hydrogen-bond donors (Lipinski definition) is 1. The number of rotatable bonds is 6. The normalized spacial score (nSPS) is 16.8. The van der Waals surface area contributed by atoms with Crippen molar-refractivity contribution >= 4 is 51.7 Å². The Bertz CT molecular complexity index is 1260. The number of thioether (sulfide) groups is 1. The quantitative estimate of drug-likeness (QED) is 0.432. The van der Waals surface area contributed by atoms with Crippen LogP contribution in [0, 0.1) is 20.8 Å². The fourth-order valence-electron chi connectivity index (χ4n) is 3.65. The van der Waals surface area contributed by atoms with Gasteiger partial charge in [-0.15, -0.1) is 0 Å². The minimum atomic E-state index is -0.548. The Labute approximate surface area is 209 Å². The molecule has 1 fully saturated rings. The zero-order chi connectivity index (χ0) is 24.2. The Hall–Kier alpha value is -3.09. The molecule has 1 atom stereocenters. The van der Waals surface area contributed by atoms with Crippen LogP contribution in [0.5, 0.6) is 0 Å². The van der Waals surface area contributed by atoms with E-state index in [0.29, 0.717) is 22.4 Å². The smallest absolute Gasteiger partial charge is 0.242 e. The van der Waals surface area contributed by atoms with E-state index in [0.717, 1.165) is 27.9 Å². The third-order valence-corrected chi connectivity index (χ3v) is 7.31. The van der Waals surface area contributed by atoms with Crippen LogP contribution in [0.1, 0.15) is 28.7 Å². The third kappa shape index (κ3) is 5.51. The lowest BCUT2D eigenvalue weighted by molar-refractivity contribution is -0.128. The molecule has 1 aliphatic heterocycles. The zero-order valence-corrected chi connectivity index (χ0v) is 20.9. The van der Waals surface area contributed by atoms with E-state index in [1.165, 1.54) is 11.8 Å². The summed E-state index contributed by atoms with van der Waals surface area (Å²) in [6.07, 6.45) is 0.0483. The molecule has 34 heavy (non-hydrogen) atoms. The number of aryl methyl sites for hydroxylation is 2. The molecule has 1 unspecified atom stereocenters. The second kappa shape index (κ2) is 10.5. The highest BCUT2D eigenvalue weighted by Crippen LogP contribution is 2.34. The number of amidine groups is 1. The van der Waals surface area contributed by atoms with Crippen LogP contribution in [0.25, 0.3) is 0 Å². The highest BCUT2D eigenvalue weighted by molar-refractivity contribution is 8.15. The number of halogens is 1. The molecule has 174 valence electrons. The van der Waals surface area contributed by atoms with Gasteiger partial charge >= 0.3 is 0 Å². The van der Waals surface area contributed by atoms with Crippen molar-refractivity contribution in [3.8, 4) is 0 Å². The van der Waals surface area contributed by atoms with Crippen molar-refractivity contribution in [3.63, 3.8) is 0 Å². The molecule has 1 heterocycles. The molecule has 2 amide bonds. The van der Waals surface area contributed by atoms with Gasteiger partial charge in [-0.25, -0.2) is 4.99 Å². The van der Waals surface area contributed by atoms with Crippen LogP contribution in [0.4, 0.5) is 11.4 Å². The molecule has 7 heteroatoms. The van der Waals surface area contributed by atoms with Crippen molar-refractivity contribution < 1.29 is 9.59 Å². The van der Waals surface area contributed by atoms with Gasteiger partial charge in [-0.2, -0.15) is 0 Å². The van der Waals surface area contributed by atoms with E-state index >= 15 is 0 Å². The molecular weight excluding hydrogens is 466 g/mol. The third-order valence-electron chi connectivity index (χ3n) is 5.73. The monoisotopic (exact) mass is 491 g/mol. The molecule has 0 aromatic heterocycles. The lowest BCUT2D eigenvalue weighted by Gasteiger charge is -2.17. The number of carbonyl (C=O) groups excluding carboxylic acids is 2. The highest BCUT2D eigenvalue weighted by Gasteiger charge is 2.39. The van der Waals surface area contributed by atoms with Gasteiger partial charge in [0.1, 0.15) is 5.25 Å². The molecule has 0 aliphatic carbocycles. The number of carbonyl (C=O) groups is 2. The number of nitrogens with zero attached hydrogens (tertiary/aromatic N) is 2. The molecule has 0 bridgehead atoms. The van der Waals surface area contributed by atoms with Crippen molar-refractivity contribution in [1.82, 2.24) is 4.90 Å². The maximum Gasteiger partial charge on any atom is 0.242 e. The number of benzene rings is 3. The summed E-state index contributed by atoms with van der Waals surface area (Å²) in [7, 11) is 0. The fourth-order valence-corrected chi connectivity index (χ4v) is 4.98. The lowest BCUT2D eigenvalue weighted by atomic mass is 10.1. The summed E-state index contributed by atoms with van der Waals surface area (Å²) in [5, 5.41) is 3.54. The maximum atomic E-state index is 13.4. The SMILES string of the molecule is Cc1ccc(CN2C(=O)C(CC(=O)Nc3cccc(Cl)c3C)SC2=Nc2ccccc2C)cc1. The molecular formula is C27H26ClN3O2S. The van der Waals surface area contributed by atoms with Gasteiger partial charge in [-0.1, -0.05) is 77.5 Å². The molecule has 3 aromatic carbocycles. The number of nitrogens with one attached hydrogen (secondary N) is 1. The van der Waals surface area contributed by atoms with Crippen LogP contribution >= 0.6 is 23.4 Å². The average Bonchev–Trinajstić information content (AvgIpc) is 3.08. The summed E-state index contributed by atoms with van der Waals surface area (Å²) < 4.78 is 0. The first-order valence-corrected chi connectivity index (χ1v) is 12.3. The molecule has 0 spiro atoms. The van der Waals surface area contributed by atoms with E-state index in [2.05, 4.69) is 5.32 Å². The zero-order valence-electron chi connectivity index (χ0n) is 19.3. The predicted molar refractivity (Wildman–Crippen MR) is 141 cm³/mol. The van der Waals surface area contributed by atoms with E-state index in [4.69, 9.17) is 16.6 Å². The van der Waals surface area contributed by atoms with Gasteiger partial charge in [-0.05, 0) is 55.7 Å². The molecule has 1 aliphatic rings. The Morgan fingerprint density at radius 3 is 2.50 bits per heavy atom. The van der Waals surface area contributed by atoms with E-state index in [1.54, 1.807) is 23.1 Å². The van der Waals surface area contributed by atoms with Crippen molar-refractivity contribution in [1.29, 1.82) is 0 Å². The summed E-state index contributed by atoms with van der Waals surface area (Å²) in [5.74, 6) is -0.348. The van der Waals surface area contributed by atoms with Crippen molar-refractivity contribution in [2.24, 2.45) is 4.99 Å². The number of aliphatic imine (C=N–C) groups is 1. The molecule has 1 saturated heterocycles. The van der Waals surface area contributed by atoms with E-state index in [-0.39, 0.29) is 18.2 Å². The Balaban J connectivity index is 1.57. The Morgan fingerprint density at radius 2 is 1.76 bits per heavy atom. The van der Waals surface area contributed by atoms with E-state index in [1.807, 2.05) is 69.3 Å². The molecule has 3 aromatic rings. The number of hydrogen-bond acceptors (Lipinski definition) is 4. The summed E-state index contributed by atoms with van der Waals surface area (Å²) in [6, 6.07) is 21.3. The average molecular weight is 492 g/mol. The summed E-state index contributed by atoms with van der Waals surface area (Å²) >= 11 is 7.51. The van der Waals surface area contributed by atoms with Gasteiger partial charge in [0.25, 0.3) is 0 Å². The first-order valence-electron chi connectivity index (χ1n) is 11.0. The van der Waals surface area contributed by atoms with Gasteiger partial charge < -0.3 is 5.32 Å². The molecule has 0 saturated carbocycles. The minimum Gasteiger partial charge on any atom is -0.326 e. The standard InChI is InChI=1S/C27H26ClN3O2S/c1-17-11-13-20(14-12-17)16-31-26(33)24(34-27(31)30-22-9-5-4-7-18(22)2)15-25(32)29-23-10-6-8-21(28)19(23)3/h4-14,24H,15-16H2,1-3H3,(H,29,32). The van der Waals surface area contributed by atoms with Crippen LogP contribution < -0.4 is 5.32 Å². The molecule has 4 rings (SSSR count). The van der Waals surface area contributed by atoms with Gasteiger partial charge in [0.05, 0.1) is 12.2 Å². The molecule has 1 N–H and O–H groups in total. The highest BCUT2D eigenvalue weighted by atomic mass is 35.5. The van der Waals surface area contributed by atoms with Gasteiger partial charge in [0.2, 0.25) is 11.8 Å². The largest absolute Gasteiger partial charge is 0.326 e. The van der Waals surface area contributed by atoms with Gasteiger partial charge in [-0.3, -0.25) is 14.5 Å². The van der Waals surface area contributed by atoms with Gasteiger partial charge in [0, 0.05) is 17.1 Å². The topological polar surface area (TPSA) is 61.8 Å². The second-order valence-electron chi connectivity index (χ2n) is 8.36. The molecule has 0 radical (unpaired) electrons. The van der Waals surface area contributed by atoms with E-state index < -0.39 is 5.25 Å². The molecule has 5 nitrogen and oxygen atoms in total. The summed E-state index contributed by atoms with van der Waals surface area (Å²) in [6.45, 7) is 6.28. The van der Waals surface area contributed by atoms with Crippen LogP contribution in [0.2, 0.25) is 5.02 Å². The van der Waals surface area contributed by atoms with Crippen molar-refractivity contribution in [3.05, 3.63) is 94.0 Å². The summed E-state index contributed by atoms with van der Waals surface area (Å²) in [5.41, 5.74) is 5.45. The van der Waals surface area contributed by atoms with Crippen LogP contribution in [-0.2, 0) is 16.1 Å². The second-order valence-corrected chi connectivity index (χ2v) is 9.94. The maximum absolute atomic E-state index is 13.4.